The Bertz CT molecular complexity index is 711. The predicted molar refractivity (Wildman–Crippen MR) is 71.6 cm³/mol. The predicted octanol–water partition coefficient (Wildman–Crippen LogP) is 2.85. The molecule has 2 aromatic rings. The highest BCUT2D eigenvalue weighted by molar-refractivity contribution is 5.92. The number of benzene rings is 2. The summed E-state index contributed by atoms with van der Waals surface area (Å²) < 4.78 is 31.5. The molecule has 0 unspecified atom stereocenters. The van der Waals surface area contributed by atoms with Crippen LogP contribution in [-0.4, -0.2) is 12.5 Å². The summed E-state index contributed by atoms with van der Waals surface area (Å²) in [5.74, 6) is -1.70. The summed E-state index contributed by atoms with van der Waals surface area (Å²) in [6.07, 6.45) is 0. The number of hydrogen-bond donors (Lipinski definition) is 1. The van der Waals surface area contributed by atoms with Crippen LogP contribution < -0.4 is 10.1 Å². The molecule has 0 atom stereocenters. The number of hydrogen-bond acceptors (Lipinski definition) is 3. The lowest BCUT2D eigenvalue weighted by Gasteiger charge is -2.08. The van der Waals surface area contributed by atoms with Crippen LogP contribution in [0.15, 0.2) is 42.5 Å². The molecule has 0 aliphatic carbocycles. The highest BCUT2D eigenvalue weighted by atomic mass is 19.1. The van der Waals surface area contributed by atoms with E-state index in [2.05, 4.69) is 5.32 Å². The van der Waals surface area contributed by atoms with Crippen LogP contribution >= 0.6 is 0 Å². The number of halogens is 2. The summed E-state index contributed by atoms with van der Waals surface area (Å²) in [6.45, 7) is -0.384. The van der Waals surface area contributed by atoms with Crippen molar-refractivity contribution in [3.8, 4) is 11.8 Å². The van der Waals surface area contributed by atoms with Crippen LogP contribution in [0, 0.1) is 23.0 Å². The molecule has 1 amide bonds. The minimum Gasteiger partial charge on any atom is -0.484 e. The van der Waals surface area contributed by atoms with Gasteiger partial charge in [-0.25, -0.2) is 8.78 Å². The average molecular weight is 288 g/mol. The summed E-state index contributed by atoms with van der Waals surface area (Å²) in [5, 5.41) is 10.9. The lowest BCUT2D eigenvalue weighted by Crippen LogP contribution is -2.20. The highest BCUT2D eigenvalue weighted by Crippen LogP contribution is 2.16. The fraction of sp³-hybridized carbons (Fsp3) is 0.0667. The quantitative estimate of drug-likeness (QED) is 0.941. The van der Waals surface area contributed by atoms with E-state index in [4.69, 9.17) is 10.00 Å². The van der Waals surface area contributed by atoms with Crippen LogP contribution in [0.2, 0.25) is 0 Å². The molecule has 2 aromatic carbocycles. The molecule has 21 heavy (non-hydrogen) atoms. The van der Waals surface area contributed by atoms with Gasteiger partial charge in [0.2, 0.25) is 0 Å². The first-order valence-corrected chi connectivity index (χ1v) is 5.96. The Hall–Kier alpha value is -2.94. The number of rotatable bonds is 4. The number of ether oxygens (including phenoxy) is 1. The average Bonchev–Trinajstić information content (AvgIpc) is 2.49. The molecule has 0 heterocycles. The smallest absolute Gasteiger partial charge is 0.262 e. The Kier molecular flexibility index (Phi) is 4.46. The lowest BCUT2D eigenvalue weighted by atomic mass is 10.2. The Labute approximate surface area is 119 Å². The van der Waals surface area contributed by atoms with Gasteiger partial charge < -0.3 is 10.1 Å². The minimum atomic E-state index is -0.740. The second-order valence-corrected chi connectivity index (χ2v) is 4.10. The number of amides is 1. The van der Waals surface area contributed by atoms with Crippen LogP contribution in [0.25, 0.3) is 0 Å². The summed E-state index contributed by atoms with van der Waals surface area (Å²) in [4.78, 5) is 11.6. The fourth-order valence-corrected chi connectivity index (χ4v) is 1.58. The first kappa shape index (κ1) is 14.5. The van der Waals surface area contributed by atoms with Gasteiger partial charge in [-0.3, -0.25) is 4.79 Å². The molecule has 0 aliphatic rings. The molecule has 106 valence electrons. The number of nitrogens with zero attached hydrogens (tertiary/aromatic N) is 1. The van der Waals surface area contributed by atoms with Crippen molar-refractivity contribution in [2.24, 2.45) is 0 Å². The molecular formula is C15H10F2N2O2. The molecule has 4 nitrogen and oxygen atoms in total. The number of carbonyl (C=O) groups is 1. The zero-order chi connectivity index (χ0) is 15.2. The molecule has 0 aromatic heterocycles. The van der Waals surface area contributed by atoms with Crippen molar-refractivity contribution in [1.29, 1.82) is 5.26 Å². The third-order valence-electron chi connectivity index (χ3n) is 2.54. The van der Waals surface area contributed by atoms with E-state index in [1.807, 2.05) is 6.07 Å². The van der Waals surface area contributed by atoms with Crippen molar-refractivity contribution in [3.05, 3.63) is 59.7 Å². The maximum absolute atomic E-state index is 13.3. The Morgan fingerprint density at radius 1 is 1.24 bits per heavy atom. The van der Waals surface area contributed by atoms with E-state index < -0.39 is 17.5 Å². The molecule has 0 radical (unpaired) electrons. The van der Waals surface area contributed by atoms with Gasteiger partial charge in [-0.15, -0.1) is 0 Å². The maximum atomic E-state index is 13.3. The van der Waals surface area contributed by atoms with Crippen LogP contribution in [0.1, 0.15) is 5.56 Å². The van der Waals surface area contributed by atoms with E-state index in [-0.39, 0.29) is 12.3 Å². The largest absolute Gasteiger partial charge is 0.484 e. The van der Waals surface area contributed by atoms with E-state index in [0.29, 0.717) is 11.3 Å². The number of nitrogens with one attached hydrogen (secondary N) is 1. The van der Waals surface area contributed by atoms with Gasteiger partial charge in [-0.1, -0.05) is 6.07 Å². The van der Waals surface area contributed by atoms with Gasteiger partial charge in [0.05, 0.1) is 17.3 Å². The molecule has 0 saturated carbocycles. The molecule has 0 aliphatic heterocycles. The van der Waals surface area contributed by atoms with Crippen molar-refractivity contribution < 1.29 is 18.3 Å². The second kappa shape index (κ2) is 6.48. The van der Waals surface area contributed by atoms with Crippen molar-refractivity contribution in [3.63, 3.8) is 0 Å². The van der Waals surface area contributed by atoms with Gasteiger partial charge in [0.15, 0.2) is 6.61 Å². The molecule has 1 N–H and O–H groups in total. The summed E-state index contributed by atoms with van der Waals surface area (Å²) in [6, 6.07) is 10.9. The third kappa shape index (κ3) is 4.01. The van der Waals surface area contributed by atoms with Crippen molar-refractivity contribution in [2.75, 3.05) is 11.9 Å². The fourth-order valence-electron chi connectivity index (χ4n) is 1.58. The zero-order valence-electron chi connectivity index (χ0n) is 10.8. The Morgan fingerprint density at radius 3 is 2.81 bits per heavy atom. The van der Waals surface area contributed by atoms with Gasteiger partial charge in [0.25, 0.3) is 5.91 Å². The van der Waals surface area contributed by atoms with Gasteiger partial charge in [0.1, 0.15) is 17.4 Å². The molecule has 0 saturated heterocycles. The SMILES string of the molecule is N#Cc1cccc(OCC(=O)Nc2cc(F)ccc2F)c1. The van der Waals surface area contributed by atoms with Crippen molar-refractivity contribution >= 4 is 11.6 Å². The normalized spacial score (nSPS) is 9.76. The molecule has 0 spiro atoms. The second-order valence-electron chi connectivity index (χ2n) is 4.10. The zero-order valence-corrected chi connectivity index (χ0v) is 10.8. The van der Waals surface area contributed by atoms with Crippen LogP contribution in [-0.2, 0) is 4.79 Å². The molecule has 2 rings (SSSR count). The lowest BCUT2D eigenvalue weighted by molar-refractivity contribution is -0.118. The number of carbonyl (C=O) groups excluding carboxylic acids is 1. The van der Waals surface area contributed by atoms with Crippen LogP contribution in [0.4, 0.5) is 14.5 Å². The summed E-state index contributed by atoms with van der Waals surface area (Å²) in [5.41, 5.74) is 0.137. The standard InChI is InChI=1S/C15H10F2N2O2/c16-11-4-5-13(17)14(7-11)19-15(20)9-21-12-3-1-2-10(6-12)8-18/h1-7H,9H2,(H,19,20). The van der Waals surface area contributed by atoms with E-state index in [1.54, 1.807) is 18.2 Å². The highest BCUT2D eigenvalue weighted by Gasteiger charge is 2.09. The molecule has 0 fully saturated rings. The number of nitriles is 1. The Morgan fingerprint density at radius 2 is 2.05 bits per heavy atom. The van der Waals surface area contributed by atoms with Crippen molar-refractivity contribution in [1.82, 2.24) is 0 Å². The van der Waals surface area contributed by atoms with Gasteiger partial charge in [0, 0.05) is 6.07 Å². The van der Waals surface area contributed by atoms with E-state index in [1.165, 1.54) is 6.07 Å². The van der Waals surface area contributed by atoms with E-state index in [0.717, 1.165) is 18.2 Å². The molecular weight excluding hydrogens is 278 g/mol. The first-order valence-electron chi connectivity index (χ1n) is 5.96. The van der Waals surface area contributed by atoms with Gasteiger partial charge in [-0.2, -0.15) is 5.26 Å². The van der Waals surface area contributed by atoms with Gasteiger partial charge in [-0.05, 0) is 30.3 Å². The topological polar surface area (TPSA) is 62.1 Å². The van der Waals surface area contributed by atoms with E-state index in [9.17, 15) is 13.6 Å². The maximum Gasteiger partial charge on any atom is 0.262 e. The summed E-state index contributed by atoms with van der Waals surface area (Å²) in [7, 11) is 0. The minimum absolute atomic E-state index is 0.255. The van der Waals surface area contributed by atoms with Crippen molar-refractivity contribution in [2.45, 2.75) is 0 Å². The van der Waals surface area contributed by atoms with Gasteiger partial charge >= 0.3 is 0 Å². The monoisotopic (exact) mass is 288 g/mol. The van der Waals surface area contributed by atoms with Crippen LogP contribution in [0.3, 0.4) is 0 Å². The Balaban J connectivity index is 1.96. The van der Waals surface area contributed by atoms with Crippen LogP contribution in [0.5, 0.6) is 5.75 Å². The number of anilines is 1. The summed E-state index contributed by atoms with van der Waals surface area (Å²) >= 11 is 0. The third-order valence-corrected chi connectivity index (χ3v) is 2.54. The first-order chi connectivity index (χ1) is 10.1. The van der Waals surface area contributed by atoms with E-state index >= 15 is 0 Å². The molecule has 6 heteroatoms. The molecule has 0 bridgehead atoms.